The molecule has 8 heteroatoms. The average molecular weight is 368 g/mol. The zero-order valence-electron chi connectivity index (χ0n) is 14.3. The number of nitrogens with one attached hydrogen (secondary N) is 1. The maximum absolute atomic E-state index is 9.05. The number of hydrogen-bond acceptors (Lipinski definition) is 7. The van der Waals surface area contributed by atoms with Gasteiger partial charge in [0.2, 0.25) is 5.95 Å². The lowest BCUT2D eigenvalue weighted by Crippen LogP contribution is -2.47. The molecule has 1 aromatic carbocycles. The Kier molecular flexibility index (Phi) is 7.64. The van der Waals surface area contributed by atoms with Crippen LogP contribution in [0.4, 0.5) is 11.8 Å². The standard InChI is InChI=1S/C17H25N5O2.ClH/c23-12-3-6-18-16-14-4-1-2-5-15(14)19-17(20-16)22-9-7-21(8-10-22)11-13-24;/h1-2,4-5,23-24H,3,6-13H2,(H,18,19,20);1H. The average Bonchev–Trinajstić information content (AvgIpc) is 2.62. The number of anilines is 2. The first-order valence-electron chi connectivity index (χ1n) is 8.51. The highest BCUT2D eigenvalue weighted by Crippen LogP contribution is 2.24. The number of fused-ring (bicyclic) bond motifs is 1. The normalized spacial score (nSPS) is 15.2. The number of aromatic nitrogens is 2. The summed E-state index contributed by atoms with van der Waals surface area (Å²) in [6.45, 7) is 5.29. The van der Waals surface area contributed by atoms with Crippen molar-refractivity contribution >= 4 is 35.1 Å². The SMILES string of the molecule is Cl.OCCCNc1nc(N2CCN(CCO)CC2)nc2ccccc12. The van der Waals surface area contributed by atoms with E-state index in [1.807, 2.05) is 24.3 Å². The minimum Gasteiger partial charge on any atom is -0.396 e. The van der Waals surface area contributed by atoms with Gasteiger partial charge in [0.25, 0.3) is 0 Å². The summed E-state index contributed by atoms with van der Waals surface area (Å²) in [5, 5.41) is 22.3. The summed E-state index contributed by atoms with van der Waals surface area (Å²) >= 11 is 0. The molecular formula is C17H26ClN5O2. The van der Waals surface area contributed by atoms with Crippen LogP contribution in [0.5, 0.6) is 0 Å². The van der Waals surface area contributed by atoms with E-state index in [0.29, 0.717) is 13.0 Å². The number of piperazine rings is 1. The third-order valence-electron chi connectivity index (χ3n) is 4.29. The third kappa shape index (κ3) is 4.92. The van der Waals surface area contributed by atoms with Gasteiger partial charge in [0.15, 0.2) is 0 Å². The van der Waals surface area contributed by atoms with Gasteiger partial charge >= 0.3 is 0 Å². The highest BCUT2D eigenvalue weighted by atomic mass is 35.5. The number of nitrogens with zero attached hydrogens (tertiary/aromatic N) is 4. The molecule has 7 nitrogen and oxygen atoms in total. The van der Waals surface area contributed by atoms with Gasteiger partial charge in [-0.15, -0.1) is 12.4 Å². The predicted molar refractivity (Wildman–Crippen MR) is 103 cm³/mol. The zero-order valence-corrected chi connectivity index (χ0v) is 15.1. The molecule has 0 spiro atoms. The molecule has 0 atom stereocenters. The topological polar surface area (TPSA) is 84.8 Å². The van der Waals surface area contributed by atoms with E-state index in [1.54, 1.807) is 0 Å². The van der Waals surface area contributed by atoms with Crippen LogP contribution in [-0.4, -0.2) is 77.6 Å². The van der Waals surface area contributed by atoms with Crippen LogP contribution >= 0.6 is 12.4 Å². The summed E-state index contributed by atoms with van der Waals surface area (Å²) in [6.07, 6.45) is 0.688. The van der Waals surface area contributed by atoms with E-state index in [9.17, 15) is 0 Å². The van der Waals surface area contributed by atoms with Gasteiger partial charge in [-0.05, 0) is 18.6 Å². The maximum atomic E-state index is 9.05. The number of hydrogen-bond donors (Lipinski definition) is 3. The Labute approximate surface area is 154 Å². The molecule has 25 heavy (non-hydrogen) atoms. The second-order valence-corrected chi connectivity index (χ2v) is 5.95. The van der Waals surface area contributed by atoms with E-state index in [-0.39, 0.29) is 25.6 Å². The molecule has 0 aliphatic carbocycles. The largest absolute Gasteiger partial charge is 0.396 e. The van der Waals surface area contributed by atoms with Gasteiger partial charge in [-0.25, -0.2) is 4.98 Å². The smallest absolute Gasteiger partial charge is 0.227 e. The molecule has 2 aromatic rings. The van der Waals surface area contributed by atoms with Crippen LogP contribution in [0, 0.1) is 0 Å². The molecule has 3 N–H and O–H groups in total. The van der Waals surface area contributed by atoms with Crippen LogP contribution in [0.2, 0.25) is 0 Å². The maximum Gasteiger partial charge on any atom is 0.227 e. The lowest BCUT2D eigenvalue weighted by molar-refractivity contribution is 0.188. The zero-order chi connectivity index (χ0) is 16.8. The first-order chi connectivity index (χ1) is 11.8. The van der Waals surface area contributed by atoms with Gasteiger partial charge in [0.1, 0.15) is 5.82 Å². The Hall–Kier alpha value is -1.67. The van der Waals surface area contributed by atoms with Gasteiger partial charge < -0.3 is 20.4 Å². The molecule has 2 heterocycles. The van der Waals surface area contributed by atoms with Gasteiger partial charge in [-0.3, -0.25) is 4.90 Å². The lowest BCUT2D eigenvalue weighted by Gasteiger charge is -2.34. The number of rotatable bonds is 7. The van der Waals surface area contributed by atoms with E-state index in [1.165, 1.54) is 0 Å². The Morgan fingerprint density at radius 1 is 1.00 bits per heavy atom. The Bertz CT molecular complexity index is 665. The summed E-state index contributed by atoms with van der Waals surface area (Å²) in [7, 11) is 0. The van der Waals surface area contributed by atoms with Crippen molar-refractivity contribution in [3.63, 3.8) is 0 Å². The van der Waals surface area contributed by atoms with Crippen molar-refractivity contribution in [2.75, 3.05) is 62.7 Å². The summed E-state index contributed by atoms with van der Waals surface area (Å²) in [6, 6.07) is 7.98. The minimum absolute atomic E-state index is 0. The molecule has 1 aromatic heterocycles. The van der Waals surface area contributed by atoms with Gasteiger partial charge in [0.05, 0.1) is 12.1 Å². The highest BCUT2D eigenvalue weighted by Gasteiger charge is 2.19. The summed E-state index contributed by atoms with van der Waals surface area (Å²) < 4.78 is 0. The second kappa shape index (κ2) is 9.72. The molecule has 0 radical (unpaired) electrons. The van der Waals surface area contributed by atoms with E-state index < -0.39 is 0 Å². The lowest BCUT2D eigenvalue weighted by atomic mass is 10.2. The molecule has 0 bridgehead atoms. The molecule has 138 valence electrons. The molecule has 0 unspecified atom stereocenters. The molecule has 1 aliphatic heterocycles. The van der Waals surface area contributed by atoms with Crippen molar-refractivity contribution in [3.05, 3.63) is 24.3 Å². The number of aliphatic hydroxyl groups excluding tert-OH is 2. The van der Waals surface area contributed by atoms with Crippen LogP contribution in [0.25, 0.3) is 10.9 Å². The molecule has 1 saturated heterocycles. The number of halogens is 1. The molecule has 3 rings (SSSR count). The molecule has 1 fully saturated rings. The van der Waals surface area contributed by atoms with E-state index >= 15 is 0 Å². The first-order valence-corrected chi connectivity index (χ1v) is 8.51. The molecular weight excluding hydrogens is 342 g/mol. The van der Waals surface area contributed by atoms with Crippen LogP contribution in [0.1, 0.15) is 6.42 Å². The predicted octanol–water partition coefficient (Wildman–Crippen LogP) is 0.960. The fourth-order valence-electron chi connectivity index (χ4n) is 2.94. The second-order valence-electron chi connectivity index (χ2n) is 5.95. The molecule has 0 saturated carbocycles. The number of para-hydroxylation sites is 1. The molecule has 1 aliphatic rings. The summed E-state index contributed by atoms with van der Waals surface area (Å²) in [4.78, 5) is 13.9. The summed E-state index contributed by atoms with van der Waals surface area (Å²) in [5.41, 5.74) is 0.923. The van der Waals surface area contributed by atoms with Crippen molar-refractivity contribution in [1.29, 1.82) is 0 Å². The highest BCUT2D eigenvalue weighted by molar-refractivity contribution is 5.90. The number of aliphatic hydroxyl groups is 2. The van der Waals surface area contributed by atoms with Crippen molar-refractivity contribution in [2.45, 2.75) is 6.42 Å². The fraction of sp³-hybridized carbons (Fsp3) is 0.529. The Morgan fingerprint density at radius 3 is 2.48 bits per heavy atom. The van der Waals surface area contributed by atoms with Gasteiger partial charge in [0, 0.05) is 51.3 Å². The van der Waals surface area contributed by atoms with Gasteiger partial charge in [-0.1, -0.05) is 12.1 Å². The van der Waals surface area contributed by atoms with E-state index in [2.05, 4.69) is 15.1 Å². The van der Waals surface area contributed by atoms with Crippen LogP contribution < -0.4 is 10.2 Å². The van der Waals surface area contributed by atoms with Crippen LogP contribution in [0.15, 0.2) is 24.3 Å². The van der Waals surface area contributed by atoms with E-state index in [4.69, 9.17) is 20.2 Å². The monoisotopic (exact) mass is 367 g/mol. The Balaban J connectivity index is 0.00000225. The number of benzene rings is 1. The summed E-state index contributed by atoms with van der Waals surface area (Å²) in [5.74, 6) is 1.56. The van der Waals surface area contributed by atoms with Crippen molar-refractivity contribution in [3.8, 4) is 0 Å². The quantitative estimate of drug-likeness (QED) is 0.628. The van der Waals surface area contributed by atoms with Gasteiger partial charge in [-0.2, -0.15) is 4.98 Å². The van der Waals surface area contributed by atoms with Crippen molar-refractivity contribution in [1.82, 2.24) is 14.9 Å². The minimum atomic E-state index is 0. The third-order valence-corrected chi connectivity index (χ3v) is 4.29. The first kappa shape index (κ1) is 19.7. The van der Waals surface area contributed by atoms with Crippen LogP contribution in [0.3, 0.4) is 0 Å². The van der Waals surface area contributed by atoms with Crippen molar-refractivity contribution < 1.29 is 10.2 Å². The number of β-amino-alcohol motifs (C(OH)–C–C–N with tert-alkyl or cyclic N) is 1. The molecule has 0 amide bonds. The van der Waals surface area contributed by atoms with Crippen molar-refractivity contribution in [2.24, 2.45) is 0 Å². The van der Waals surface area contributed by atoms with Crippen LogP contribution in [-0.2, 0) is 0 Å². The Morgan fingerprint density at radius 2 is 1.76 bits per heavy atom. The van der Waals surface area contributed by atoms with E-state index in [0.717, 1.165) is 55.4 Å². The fourth-order valence-corrected chi connectivity index (χ4v) is 2.94.